The van der Waals surface area contributed by atoms with Crippen LogP contribution in [0.15, 0.2) is 35.7 Å². The van der Waals surface area contributed by atoms with Crippen molar-refractivity contribution in [3.8, 4) is 11.5 Å². The molecule has 2 heterocycles. The van der Waals surface area contributed by atoms with E-state index in [9.17, 15) is 9.59 Å². The monoisotopic (exact) mass is 360 g/mol. The number of carbonyl (C=O) groups is 2. The Labute approximate surface area is 150 Å². The summed E-state index contributed by atoms with van der Waals surface area (Å²) in [6.07, 6.45) is 0. The Kier molecular flexibility index (Phi) is 4.94. The molecule has 2 aromatic rings. The normalized spacial score (nSPS) is 17.6. The van der Waals surface area contributed by atoms with Gasteiger partial charge in [0.15, 0.2) is 0 Å². The molecule has 7 heteroatoms. The first kappa shape index (κ1) is 17.3. The smallest absolute Gasteiger partial charge is 0.264 e. The van der Waals surface area contributed by atoms with Crippen LogP contribution < -0.4 is 14.4 Å². The lowest BCUT2D eigenvalue weighted by Crippen LogP contribution is -2.57. The second-order valence-corrected chi connectivity index (χ2v) is 6.63. The number of amides is 2. The van der Waals surface area contributed by atoms with Crippen LogP contribution in [-0.2, 0) is 4.79 Å². The summed E-state index contributed by atoms with van der Waals surface area (Å²) in [5.74, 6) is 1.00. The van der Waals surface area contributed by atoms with Crippen LogP contribution in [0.5, 0.6) is 11.5 Å². The lowest BCUT2D eigenvalue weighted by Gasteiger charge is -2.39. The number of ether oxygens (including phenoxy) is 2. The number of benzene rings is 1. The van der Waals surface area contributed by atoms with Crippen molar-refractivity contribution >= 4 is 28.8 Å². The Morgan fingerprint density at radius 3 is 2.64 bits per heavy atom. The minimum Gasteiger partial charge on any atom is -0.497 e. The molecule has 0 N–H and O–H groups in total. The zero-order valence-electron chi connectivity index (χ0n) is 14.4. The maximum absolute atomic E-state index is 12.9. The second-order valence-electron chi connectivity index (χ2n) is 5.68. The summed E-state index contributed by atoms with van der Waals surface area (Å²) >= 11 is 1.38. The molecule has 25 heavy (non-hydrogen) atoms. The second kappa shape index (κ2) is 7.14. The molecular weight excluding hydrogens is 340 g/mol. The van der Waals surface area contributed by atoms with Crippen molar-refractivity contribution in [1.82, 2.24) is 4.90 Å². The molecule has 0 saturated carbocycles. The molecule has 1 aliphatic rings. The van der Waals surface area contributed by atoms with Crippen LogP contribution in [0.25, 0.3) is 0 Å². The van der Waals surface area contributed by atoms with Crippen molar-refractivity contribution in [3.63, 3.8) is 0 Å². The zero-order valence-corrected chi connectivity index (χ0v) is 15.2. The van der Waals surface area contributed by atoms with Crippen LogP contribution in [0.3, 0.4) is 0 Å². The predicted molar refractivity (Wildman–Crippen MR) is 96.7 cm³/mol. The molecule has 132 valence electrons. The molecule has 1 aromatic heterocycles. The van der Waals surface area contributed by atoms with E-state index < -0.39 is 6.04 Å². The molecule has 1 aromatic carbocycles. The van der Waals surface area contributed by atoms with Crippen LogP contribution in [0.2, 0.25) is 0 Å². The first-order chi connectivity index (χ1) is 12.1. The van der Waals surface area contributed by atoms with Crippen molar-refractivity contribution in [2.45, 2.75) is 13.0 Å². The number of thiophene rings is 1. The molecule has 6 nitrogen and oxygen atoms in total. The van der Waals surface area contributed by atoms with Gasteiger partial charge in [0.05, 0.1) is 24.8 Å². The van der Waals surface area contributed by atoms with Crippen LogP contribution in [0.1, 0.15) is 16.6 Å². The van der Waals surface area contributed by atoms with Crippen LogP contribution in [-0.4, -0.2) is 50.1 Å². The summed E-state index contributed by atoms with van der Waals surface area (Å²) in [4.78, 5) is 29.4. The summed E-state index contributed by atoms with van der Waals surface area (Å²) in [5, 5.41) is 1.86. The standard InChI is InChI=1S/C18H20N2O4S/c1-12-17(21)20(14-11-13(23-2)6-7-15(14)24-3)9-8-19(12)18(22)16-5-4-10-25-16/h4-7,10-12H,8-9H2,1-3H3. The van der Waals surface area contributed by atoms with E-state index in [0.717, 1.165) is 0 Å². The first-order valence-corrected chi connectivity index (χ1v) is 8.82. The highest BCUT2D eigenvalue weighted by Gasteiger charge is 2.36. The Morgan fingerprint density at radius 2 is 2.00 bits per heavy atom. The van der Waals surface area contributed by atoms with Gasteiger partial charge in [-0.3, -0.25) is 9.59 Å². The van der Waals surface area contributed by atoms with Gasteiger partial charge < -0.3 is 19.3 Å². The largest absolute Gasteiger partial charge is 0.497 e. The third-order valence-electron chi connectivity index (χ3n) is 4.33. The number of anilines is 1. The number of hydrogen-bond acceptors (Lipinski definition) is 5. The maximum Gasteiger partial charge on any atom is 0.264 e. The fourth-order valence-corrected chi connectivity index (χ4v) is 3.62. The third kappa shape index (κ3) is 3.19. The Balaban J connectivity index is 1.86. The van der Waals surface area contributed by atoms with E-state index >= 15 is 0 Å². The summed E-state index contributed by atoms with van der Waals surface area (Å²) in [6, 6.07) is 8.41. The molecule has 3 rings (SSSR count). The minimum atomic E-state index is -0.542. The van der Waals surface area contributed by atoms with Crippen LogP contribution in [0, 0.1) is 0 Å². The van der Waals surface area contributed by atoms with Crippen molar-refractivity contribution in [2.75, 3.05) is 32.2 Å². The third-order valence-corrected chi connectivity index (χ3v) is 5.18. The van der Waals surface area contributed by atoms with Gasteiger partial charge in [-0.15, -0.1) is 11.3 Å². The van der Waals surface area contributed by atoms with Crippen molar-refractivity contribution in [3.05, 3.63) is 40.6 Å². The zero-order chi connectivity index (χ0) is 18.0. The van der Waals surface area contributed by atoms with Crippen molar-refractivity contribution in [1.29, 1.82) is 0 Å². The number of piperazine rings is 1. The number of carbonyl (C=O) groups excluding carboxylic acids is 2. The van der Waals surface area contributed by atoms with Gasteiger partial charge in [0, 0.05) is 19.2 Å². The summed E-state index contributed by atoms with van der Waals surface area (Å²) < 4.78 is 10.6. The van der Waals surface area contributed by atoms with E-state index in [4.69, 9.17) is 9.47 Å². The molecule has 2 amide bonds. The first-order valence-electron chi connectivity index (χ1n) is 7.94. The number of hydrogen-bond donors (Lipinski definition) is 0. The fraction of sp³-hybridized carbons (Fsp3) is 0.333. The molecule has 0 spiro atoms. The highest BCUT2D eigenvalue weighted by Crippen LogP contribution is 2.34. The number of methoxy groups -OCH3 is 2. The maximum atomic E-state index is 12.9. The van der Waals surface area contributed by atoms with Gasteiger partial charge in [0.2, 0.25) is 5.91 Å². The van der Waals surface area contributed by atoms with Crippen molar-refractivity contribution < 1.29 is 19.1 Å². The van der Waals surface area contributed by atoms with Crippen molar-refractivity contribution in [2.24, 2.45) is 0 Å². The van der Waals surface area contributed by atoms with E-state index in [1.165, 1.54) is 11.3 Å². The fourth-order valence-electron chi connectivity index (χ4n) is 2.94. The highest BCUT2D eigenvalue weighted by molar-refractivity contribution is 7.12. The topological polar surface area (TPSA) is 59.1 Å². The van der Waals surface area contributed by atoms with Gasteiger partial charge in [-0.25, -0.2) is 0 Å². The van der Waals surface area contributed by atoms with E-state index in [1.54, 1.807) is 55.2 Å². The Hall–Kier alpha value is -2.54. The van der Waals surface area contributed by atoms with E-state index in [2.05, 4.69) is 0 Å². The highest BCUT2D eigenvalue weighted by atomic mass is 32.1. The molecule has 0 bridgehead atoms. The average molecular weight is 360 g/mol. The molecule has 1 unspecified atom stereocenters. The van der Waals surface area contributed by atoms with Gasteiger partial charge in [0.1, 0.15) is 17.5 Å². The van der Waals surface area contributed by atoms with Crippen LogP contribution >= 0.6 is 11.3 Å². The lowest BCUT2D eigenvalue weighted by molar-refractivity contribution is -0.124. The van der Waals surface area contributed by atoms with E-state index in [-0.39, 0.29) is 11.8 Å². The molecule has 1 saturated heterocycles. The van der Waals surface area contributed by atoms with Gasteiger partial charge in [0.25, 0.3) is 5.91 Å². The van der Waals surface area contributed by atoms with E-state index in [1.807, 2.05) is 11.4 Å². The number of nitrogens with zero attached hydrogens (tertiary/aromatic N) is 2. The summed E-state index contributed by atoms with van der Waals surface area (Å²) in [7, 11) is 3.14. The molecule has 0 aliphatic carbocycles. The molecule has 1 fully saturated rings. The number of rotatable bonds is 4. The predicted octanol–water partition coefficient (Wildman–Crippen LogP) is 2.64. The summed E-state index contributed by atoms with van der Waals surface area (Å²) in [6.45, 7) is 2.63. The van der Waals surface area contributed by atoms with Gasteiger partial charge in [-0.2, -0.15) is 0 Å². The van der Waals surface area contributed by atoms with Gasteiger partial charge in [-0.1, -0.05) is 6.07 Å². The Bertz CT molecular complexity index is 775. The Morgan fingerprint density at radius 1 is 1.20 bits per heavy atom. The van der Waals surface area contributed by atoms with Crippen LogP contribution in [0.4, 0.5) is 5.69 Å². The van der Waals surface area contributed by atoms with Gasteiger partial charge in [-0.05, 0) is 30.5 Å². The average Bonchev–Trinajstić information content (AvgIpc) is 3.17. The quantitative estimate of drug-likeness (QED) is 0.841. The molecule has 1 aliphatic heterocycles. The minimum absolute atomic E-state index is 0.104. The van der Waals surface area contributed by atoms with Gasteiger partial charge >= 0.3 is 0 Å². The lowest BCUT2D eigenvalue weighted by atomic mass is 10.1. The SMILES string of the molecule is COc1ccc(OC)c(N2CCN(C(=O)c3cccs3)C(C)C2=O)c1. The molecule has 1 atom stereocenters. The molecular formula is C18H20N2O4S. The van der Waals surface area contributed by atoms with E-state index in [0.29, 0.717) is 35.2 Å². The summed E-state index contributed by atoms with van der Waals surface area (Å²) in [5.41, 5.74) is 0.655. The molecule has 0 radical (unpaired) electrons.